The molecule has 1 aliphatic carbocycles. The Morgan fingerprint density at radius 3 is 3.21 bits per heavy atom. The van der Waals surface area contributed by atoms with Crippen LogP contribution < -0.4 is 0 Å². The predicted octanol–water partition coefficient (Wildman–Crippen LogP) is 1.53. The summed E-state index contributed by atoms with van der Waals surface area (Å²) in [7, 11) is 0. The normalized spacial score (nSPS) is 38.4. The molecule has 0 spiro atoms. The largest absolute Gasteiger partial charge is 0.431 e. The number of esters is 1. The van der Waals surface area contributed by atoms with Crippen LogP contribution in [-0.2, 0) is 9.53 Å². The summed E-state index contributed by atoms with van der Waals surface area (Å²) in [6.07, 6.45) is 8.27. The average Bonchev–Trinajstić information content (AvgIpc) is 2.07. The first-order valence-electron chi connectivity index (χ1n) is 5.03. The van der Waals surface area contributed by atoms with Gasteiger partial charge in [0.05, 0.1) is 12.5 Å². The minimum absolute atomic E-state index is 0.0117. The van der Waals surface area contributed by atoms with Crippen LogP contribution >= 0.6 is 0 Å². The van der Waals surface area contributed by atoms with Gasteiger partial charge in [-0.3, -0.25) is 4.79 Å². The van der Waals surface area contributed by atoms with Gasteiger partial charge in [-0.2, -0.15) is 0 Å². The van der Waals surface area contributed by atoms with Gasteiger partial charge in [0, 0.05) is 5.92 Å². The first-order chi connectivity index (χ1) is 6.77. The Kier molecular flexibility index (Phi) is 2.68. The summed E-state index contributed by atoms with van der Waals surface area (Å²) < 4.78 is 5.11. The van der Waals surface area contributed by atoms with E-state index in [4.69, 9.17) is 4.74 Å². The summed E-state index contributed by atoms with van der Waals surface area (Å²) in [6, 6.07) is 0. The van der Waals surface area contributed by atoms with Gasteiger partial charge in [0.15, 0.2) is 0 Å². The van der Waals surface area contributed by atoms with Gasteiger partial charge in [0.2, 0.25) is 0 Å². The van der Waals surface area contributed by atoms with Crippen molar-refractivity contribution < 1.29 is 14.6 Å². The van der Waals surface area contributed by atoms with Crippen LogP contribution in [0.4, 0.5) is 0 Å². The fourth-order valence-corrected chi connectivity index (χ4v) is 1.96. The average molecular weight is 194 g/mol. The molecule has 1 saturated heterocycles. The summed E-state index contributed by atoms with van der Waals surface area (Å²) >= 11 is 0. The second-order valence-electron chi connectivity index (χ2n) is 3.78. The van der Waals surface area contributed by atoms with Crippen molar-refractivity contribution in [2.45, 2.75) is 31.8 Å². The quantitative estimate of drug-likeness (QED) is 0.595. The van der Waals surface area contributed by atoms with Gasteiger partial charge in [-0.15, -0.1) is 0 Å². The first-order valence-corrected chi connectivity index (χ1v) is 5.03. The molecule has 0 amide bonds. The van der Waals surface area contributed by atoms with Gasteiger partial charge >= 0.3 is 5.97 Å². The fourth-order valence-electron chi connectivity index (χ4n) is 1.96. The molecule has 1 heterocycles. The van der Waals surface area contributed by atoms with E-state index in [1.54, 1.807) is 6.08 Å². The lowest BCUT2D eigenvalue weighted by Crippen LogP contribution is -2.33. The van der Waals surface area contributed by atoms with E-state index in [1.165, 1.54) is 0 Å². The highest BCUT2D eigenvalue weighted by Gasteiger charge is 2.33. The molecule has 3 heteroatoms. The summed E-state index contributed by atoms with van der Waals surface area (Å²) in [6.45, 7) is 0. The van der Waals surface area contributed by atoms with Crippen molar-refractivity contribution in [3.05, 3.63) is 24.0 Å². The van der Waals surface area contributed by atoms with Crippen molar-refractivity contribution in [2.24, 2.45) is 5.92 Å². The second-order valence-corrected chi connectivity index (χ2v) is 3.78. The highest BCUT2D eigenvalue weighted by Crippen LogP contribution is 2.30. The van der Waals surface area contributed by atoms with Crippen LogP contribution in [-0.4, -0.2) is 17.2 Å². The number of aliphatic hydroxyl groups is 1. The number of carbonyl (C=O) groups is 1. The first kappa shape index (κ1) is 9.46. The van der Waals surface area contributed by atoms with Crippen molar-refractivity contribution in [3.8, 4) is 0 Å². The van der Waals surface area contributed by atoms with E-state index in [1.807, 2.05) is 6.08 Å². The zero-order valence-electron chi connectivity index (χ0n) is 7.98. The van der Waals surface area contributed by atoms with Gasteiger partial charge in [0.25, 0.3) is 0 Å². The lowest BCUT2D eigenvalue weighted by molar-refractivity contribution is -0.149. The molecule has 1 fully saturated rings. The molecular weight excluding hydrogens is 180 g/mol. The maximum Gasteiger partial charge on any atom is 0.313 e. The van der Waals surface area contributed by atoms with Crippen LogP contribution in [0.15, 0.2) is 24.0 Å². The van der Waals surface area contributed by atoms with Crippen molar-refractivity contribution in [2.75, 3.05) is 0 Å². The maximum absolute atomic E-state index is 11.1. The molecular formula is C11H14O3. The molecule has 3 nitrogen and oxygen atoms in total. The van der Waals surface area contributed by atoms with E-state index in [0.29, 0.717) is 5.76 Å². The number of ether oxygens (including phenoxy) is 1. The Bertz CT molecular complexity index is 291. The van der Waals surface area contributed by atoms with Gasteiger partial charge in [0.1, 0.15) is 5.76 Å². The van der Waals surface area contributed by atoms with Gasteiger partial charge < -0.3 is 9.84 Å². The SMILES string of the molecule is O=C1CC(O)C2CCC/C=C\C=C/2O1. The topological polar surface area (TPSA) is 46.5 Å². The smallest absolute Gasteiger partial charge is 0.313 e. The van der Waals surface area contributed by atoms with Gasteiger partial charge in [-0.05, 0) is 25.3 Å². The lowest BCUT2D eigenvalue weighted by Gasteiger charge is -2.29. The number of fused-ring (bicyclic) bond motifs is 1. The lowest BCUT2D eigenvalue weighted by atomic mass is 9.88. The zero-order chi connectivity index (χ0) is 9.97. The molecule has 2 unspecified atom stereocenters. The second kappa shape index (κ2) is 3.96. The molecule has 14 heavy (non-hydrogen) atoms. The molecule has 0 aromatic carbocycles. The highest BCUT2D eigenvalue weighted by atomic mass is 16.5. The number of rotatable bonds is 0. The third kappa shape index (κ3) is 1.87. The summed E-state index contributed by atoms with van der Waals surface area (Å²) in [5.41, 5.74) is 0. The number of hydrogen-bond acceptors (Lipinski definition) is 3. The van der Waals surface area contributed by atoms with Crippen LogP contribution in [0, 0.1) is 5.92 Å². The van der Waals surface area contributed by atoms with Crippen LogP contribution in [0.5, 0.6) is 0 Å². The van der Waals surface area contributed by atoms with E-state index in [0.717, 1.165) is 19.3 Å². The Hall–Kier alpha value is -1.09. The fraction of sp³-hybridized carbons (Fsp3) is 0.545. The maximum atomic E-state index is 11.1. The van der Waals surface area contributed by atoms with E-state index in [-0.39, 0.29) is 18.3 Å². The van der Waals surface area contributed by atoms with Crippen molar-refractivity contribution >= 4 is 5.97 Å². The van der Waals surface area contributed by atoms with Crippen LogP contribution in [0.2, 0.25) is 0 Å². The molecule has 76 valence electrons. The predicted molar refractivity (Wildman–Crippen MR) is 51.3 cm³/mol. The van der Waals surface area contributed by atoms with Crippen LogP contribution in [0.25, 0.3) is 0 Å². The minimum Gasteiger partial charge on any atom is -0.431 e. The summed E-state index contributed by atoms with van der Waals surface area (Å²) in [5, 5.41) is 9.73. The number of hydrogen-bond donors (Lipinski definition) is 1. The molecule has 2 atom stereocenters. The Balaban J connectivity index is 2.22. The van der Waals surface area contributed by atoms with Crippen LogP contribution in [0.3, 0.4) is 0 Å². The molecule has 2 rings (SSSR count). The third-order valence-electron chi connectivity index (χ3n) is 2.72. The number of aliphatic hydroxyl groups excluding tert-OH is 1. The molecule has 0 bridgehead atoms. The van der Waals surface area contributed by atoms with Crippen molar-refractivity contribution in [1.29, 1.82) is 0 Å². The van der Waals surface area contributed by atoms with Crippen molar-refractivity contribution in [1.82, 2.24) is 0 Å². The molecule has 2 aliphatic rings. The standard InChI is InChI=1S/C11H14O3/c12-9-7-11(13)14-10-6-4-2-1-3-5-8(9)10/h2,4,6,8-9,12H,1,3,5,7H2/b4-2-,10-6+. The molecule has 0 radical (unpaired) electrons. The zero-order valence-corrected chi connectivity index (χ0v) is 7.98. The van der Waals surface area contributed by atoms with E-state index in [9.17, 15) is 9.90 Å². The Morgan fingerprint density at radius 2 is 2.36 bits per heavy atom. The Labute approximate surface area is 83.1 Å². The van der Waals surface area contributed by atoms with E-state index >= 15 is 0 Å². The van der Waals surface area contributed by atoms with Gasteiger partial charge in [-0.25, -0.2) is 0 Å². The number of carbonyl (C=O) groups excluding carboxylic acids is 1. The van der Waals surface area contributed by atoms with E-state index in [2.05, 4.69) is 6.08 Å². The highest BCUT2D eigenvalue weighted by molar-refractivity contribution is 5.72. The Morgan fingerprint density at radius 1 is 1.50 bits per heavy atom. The number of allylic oxidation sites excluding steroid dienone is 3. The molecule has 0 aromatic rings. The van der Waals surface area contributed by atoms with Gasteiger partial charge in [-0.1, -0.05) is 12.2 Å². The van der Waals surface area contributed by atoms with Crippen molar-refractivity contribution in [3.63, 3.8) is 0 Å². The molecule has 1 aliphatic heterocycles. The molecule has 0 saturated carbocycles. The minimum atomic E-state index is -0.561. The van der Waals surface area contributed by atoms with Crippen LogP contribution in [0.1, 0.15) is 25.7 Å². The monoisotopic (exact) mass is 194 g/mol. The molecule has 0 aromatic heterocycles. The third-order valence-corrected chi connectivity index (χ3v) is 2.72. The summed E-state index contributed by atoms with van der Waals surface area (Å²) in [5.74, 6) is 0.316. The van der Waals surface area contributed by atoms with E-state index < -0.39 is 6.10 Å². The molecule has 1 N–H and O–H groups in total. The summed E-state index contributed by atoms with van der Waals surface area (Å²) in [4.78, 5) is 11.1.